The molecule has 0 aliphatic carbocycles. The molecule has 2 N–H and O–H groups in total. The summed E-state index contributed by atoms with van der Waals surface area (Å²) in [4.78, 5) is 25.0. The van der Waals surface area contributed by atoms with Crippen molar-refractivity contribution in [3.05, 3.63) is 64.4 Å². The zero-order valence-electron chi connectivity index (χ0n) is 22.0. The van der Waals surface area contributed by atoms with E-state index in [1.54, 1.807) is 50.4 Å². The molecule has 0 saturated carbocycles. The van der Waals surface area contributed by atoms with Gasteiger partial charge in [0.05, 0.1) is 44.9 Å². The van der Waals surface area contributed by atoms with Gasteiger partial charge in [-0.05, 0) is 19.9 Å². The predicted octanol–water partition coefficient (Wildman–Crippen LogP) is 3.96. The van der Waals surface area contributed by atoms with E-state index in [1.165, 1.54) is 19.1 Å². The molecule has 2 amide bonds. The zero-order chi connectivity index (χ0) is 27.7. The molecule has 3 heterocycles. The lowest BCUT2D eigenvalue weighted by Crippen LogP contribution is -2.48. The third-order valence-electron chi connectivity index (χ3n) is 6.49. The van der Waals surface area contributed by atoms with Crippen molar-refractivity contribution < 1.29 is 23.0 Å². The van der Waals surface area contributed by atoms with Gasteiger partial charge in [-0.25, -0.2) is 13.6 Å². The fourth-order valence-electron chi connectivity index (χ4n) is 4.29. The van der Waals surface area contributed by atoms with E-state index in [9.17, 15) is 4.79 Å². The second kappa shape index (κ2) is 10.5. The van der Waals surface area contributed by atoms with Crippen LogP contribution < -0.4 is 25.0 Å². The van der Waals surface area contributed by atoms with Crippen molar-refractivity contribution in [2.24, 2.45) is 17.8 Å². The summed E-state index contributed by atoms with van der Waals surface area (Å²) in [6, 6.07) is 2.17. The molecule has 38 heavy (non-hydrogen) atoms. The van der Waals surface area contributed by atoms with Gasteiger partial charge in [0.1, 0.15) is 5.69 Å². The van der Waals surface area contributed by atoms with E-state index >= 15 is 8.78 Å². The van der Waals surface area contributed by atoms with Gasteiger partial charge < -0.3 is 15.2 Å². The number of allylic oxidation sites excluding steroid dienone is 2. The molecular weight excluding hydrogens is 496 g/mol. The van der Waals surface area contributed by atoms with E-state index in [2.05, 4.69) is 15.1 Å². The molecule has 1 aliphatic rings. The molecule has 1 aliphatic heterocycles. The lowest BCUT2D eigenvalue weighted by molar-refractivity contribution is 0.249. The van der Waals surface area contributed by atoms with Crippen LogP contribution in [0, 0.1) is 18.6 Å². The van der Waals surface area contributed by atoms with Gasteiger partial charge in [-0.1, -0.05) is 0 Å². The molecule has 2 aromatic heterocycles. The molecule has 0 fully saturated rings. The highest BCUT2D eigenvalue weighted by atomic mass is 19.1. The Morgan fingerprint density at radius 1 is 1.18 bits per heavy atom. The Balaban J connectivity index is 1.92. The first-order valence-corrected chi connectivity index (χ1v) is 11.7. The number of rotatable bonds is 7. The molecule has 0 radical (unpaired) electrons. The molecule has 200 valence electrons. The Hall–Kier alpha value is -4.48. The van der Waals surface area contributed by atoms with Crippen LogP contribution in [0.2, 0.25) is 0 Å². The lowest BCUT2D eigenvalue weighted by Gasteiger charge is -2.37. The number of halogens is 2. The number of amides is 2. The van der Waals surface area contributed by atoms with E-state index in [0.29, 0.717) is 28.2 Å². The van der Waals surface area contributed by atoms with Crippen molar-refractivity contribution in [1.29, 1.82) is 0 Å². The first-order chi connectivity index (χ1) is 18.1. The SMILES string of the molecule is CN=C/C(=C(/C)N)c1cc2c(cn1)CN(c1c(F)c(OC)cc(OC)c1F)C(=O)N2Cc1cnn(C)c1C. The second-order valence-corrected chi connectivity index (χ2v) is 8.77. The summed E-state index contributed by atoms with van der Waals surface area (Å²) < 4.78 is 42.8. The van der Waals surface area contributed by atoms with E-state index in [4.69, 9.17) is 15.2 Å². The molecule has 10 nitrogen and oxygen atoms in total. The number of nitrogens with two attached hydrogens (primary N) is 1. The minimum absolute atomic E-state index is 0.0956. The van der Waals surface area contributed by atoms with Gasteiger partial charge in [-0.3, -0.25) is 24.5 Å². The van der Waals surface area contributed by atoms with Crippen LogP contribution in [0.4, 0.5) is 25.0 Å². The number of hydrogen-bond acceptors (Lipinski definition) is 7. The maximum absolute atomic E-state index is 15.5. The summed E-state index contributed by atoms with van der Waals surface area (Å²) in [6.45, 7) is 3.55. The van der Waals surface area contributed by atoms with Crippen LogP contribution in [0.25, 0.3) is 5.57 Å². The Morgan fingerprint density at radius 3 is 2.37 bits per heavy atom. The molecule has 0 unspecified atom stereocenters. The third kappa shape index (κ3) is 4.53. The molecule has 0 saturated heterocycles. The number of urea groups is 1. The monoisotopic (exact) mass is 525 g/mol. The van der Waals surface area contributed by atoms with Gasteiger partial charge in [-0.2, -0.15) is 5.10 Å². The Kier molecular flexibility index (Phi) is 7.33. The van der Waals surface area contributed by atoms with Crippen molar-refractivity contribution in [2.75, 3.05) is 31.1 Å². The number of fused-ring (bicyclic) bond motifs is 1. The van der Waals surface area contributed by atoms with E-state index in [0.717, 1.165) is 22.2 Å². The number of pyridine rings is 1. The number of anilines is 2. The fourth-order valence-corrected chi connectivity index (χ4v) is 4.29. The lowest BCUT2D eigenvalue weighted by atomic mass is 10.0. The first kappa shape index (κ1) is 26.6. The molecular formula is C26H29F2N7O3. The molecule has 0 atom stereocenters. The number of carbonyl (C=O) groups is 1. The van der Waals surface area contributed by atoms with Crippen molar-refractivity contribution in [2.45, 2.75) is 26.9 Å². The van der Waals surface area contributed by atoms with Crippen LogP contribution in [0.3, 0.4) is 0 Å². The highest BCUT2D eigenvalue weighted by Crippen LogP contribution is 2.41. The minimum Gasteiger partial charge on any atom is -0.493 e. The Labute approximate surface area is 219 Å². The summed E-state index contributed by atoms with van der Waals surface area (Å²) in [5, 5.41) is 4.27. The number of carbonyl (C=O) groups excluding carboxylic acids is 1. The molecule has 0 spiro atoms. The number of benzene rings is 1. The average Bonchev–Trinajstić information content (AvgIpc) is 3.21. The number of aliphatic imine (C=N–C) groups is 1. The third-order valence-corrected chi connectivity index (χ3v) is 6.49. The maximum atomic E-state index is 15.5. The van der Waals surface area contributed by atoms with Gasteiger partial charge >= 0.3 is 6.03 Å². The number of ether oxygens (including phenoxy) is 2. The predicted molar refractivity (Wildman–Crippen MR) is 141 cm³/mol. The zero-order valence-corrected chi connectivity index (χ0v) is 22.0. The highest BCUT2D eigenvalue weighted by Gasteiger charge is 2.37. The van der Waals surface area contributed by atoms with Crippen LogP contribution >= 0.6 is 0 Å². The van der Waals surface area contributed by atoms with Crippen molar-refractivity contribution >= 4 is 29.2 Å². The summed E-state index contributed by atoms with van der Waals surface area (Å²) in [6.07, 6.45) is 4.80. The number of methoxy groups -OCH3 is 2. The van der Waals surface area contributed by atoms with E-state index in [1.807, 2.05) is 6.92 Å². The Bertz CT molecular complexity index is 1430. The van der Waals surface area contributed by atoms with Crippen molar-refractivity contribution in [3.8, 4) is 11.5 Å². The van der Waals surface area contributed by atoms with Gasteiger partial charge in [0.25, 0.3) is 0 Å². The Morgan fingerprint density at radius 2 is 1.84 bits per heavy atom. The number of aryl methyl sites for hydroxylation is 1. The standard InChI is InChI=1S/C26H29F2N7O3/c1-14(29)18(11-30-3)19-7-20-17(9-31-19)13-35(25-23(27)21(37-5)8-22(38-6)24(25)28)26(36)34(20)12-16-10-32-33(4)15(16)2/h7-11H,12-13,29H2,1-6H3/b18-14+,30-11?. The molecule has 3 aromatic rings. The largest absolute Gasteiger partial charge is 0.493 e. The topological polar surface area (TPSA) is 111 Å². The van der Waals surface area contributed by atoms with Gasteiger partial charge in [0, 0.05) is 60.7 Å². The summed E-state index contributed by atoms with van der Waals surface area (Å²) in [7, 11) is 5.91. The number of hydrogen-bond donors (Lipinski definition) is 1. The average molecular weight is 526 g/mol. The van der Waals surface area contributed by atoms with Crippen LogP contribution in [0.5, 0.6) is 11.5 Å². The van der Waals surface area contributed by atoms with Crippen molar-refractivity contribution in [1.82, 2.24) is 14.8 Å². The smallest absolute Gasteiger partial charge is 0.329 e. The van der Waals surface area contributed by atoms with E-state index < -0.39 is 23.4 Å². The van der Waals surface area contributed by atoms with Crippen LogP contribution in [0.1, 0.15) is 29.4 Å². The molecule has 1 aromatic carbocycles. The molecule has 4 rings (SSSR count). The summed E-state index contributed by atoms with van der Waals surface area (Å²) in [5.41, 5.74) is 9.77. The normalized spacial score (nSPS) is 14.2. The van der Waals surface area contributed by atoms with Crippen LogP contribution in [-0.2, 0) is 20.1 Å². The number of nitrogens with zero attached hydrogens (tertiary/aromatic N) is 6. The second-order valence-electron chi connectivity index (χ2n) is 8.77. The fraction of sp³-hybridized carbons (Fsp3) is 0.308. The van der Waals surface area contributed by atoms with E-state index in [-0.39, 0.29) is 24.6 Å². The number of aromatic nitrogens is 3. The summed E-state index contributed by atoms with van der Waals surface area (Å²) >= 11 is 0. The van der Waals surface area contributed by atoms with Crippen molar-refractivity contribution in [3.63, 3.8) is 0 Å². The highest BCUT2D eigenvalue weighted by molar-refractivity contribution is 6.11. The van der Waals surface area contributed by atoms with Crippen LogP contribution in [0.15, 0.2) is 35.2 Å². The van der Waals surface area contributed by atoms with Gasteiger partial charge in [0.15, 0.2) is 23.1 Å². The quantitative estimate of drug-likeness (QED) is 0.468. The molecule has 12 heteroatoms. The summed E-state index contributed by atoms with van der Waals surface area (Å²) in [5.74, 6) is -2.56. The van der Waals surface area contributed by atoms with Gasteiger partial charge in [-0.15, -0.1) is 0 Å². The first-order valence-electron chi connectivity index (χ1n) is 11.7. The van der Waals surface area contributed by atoms with Gasteiger partial charge in [0.2, 0.25) is 0 Å². The van der Waals surface area contributed by atoms with Crippen LogP contribution in [-0.4, -0.2) is 48.3 Å². The maximum Gasteiger partial charge on any atom is 0.329 e. The molecule has 0 bridgehead atoms. The minimum atomic E-state index is -1.02.